The van der Waals surface area contributed by atoms with Gasteiger partial charge in [-0.3, -0.25) is 24.0 Å². The van der Waals surface area contributed by atoms with E-state index in [0.29, 0.717) is 29.7 Å². The molecule has 3 heterocycles. The maximum Gasteiger partial charge on any atom is 0.269 e. The van der Waals surface area contributed by atoms with Gasteiger partial charge in [0.15, 0.2) is 5.69 Å². The van der Waals surface area contributed by atoms with Crippen LogP contribution in [0.5, 0.6) is 0 Å². The monoisotopic (exact) mass is 472 g/mol. The molecule has 0 radical (unpaired) electrons. The summed E-state index contributed by atoms with van der Waals surface area (Å²) in [5.41, 5.74) is 7.99. The van der Waals surface area contributed by atoms with Crippen molar-refractivity contribution in [3.05, 3.63) is 54.0 Å². The number of amides is 3. The number of para-hydroxylation sites is 1. The van der Waals surface area contributed by atoms with Crippen LogP contribution in [0.1, 0.15) is 48.8 Å². The van der Waals surface area contributed by atoms with Gasteiger partial charge in [0.2, 0.25) is 11.8 Å². The average Bonchev–Trinajstić information content (AvgIpc) is 3.78. The van der Waals surface area contributed by atoms with Gasteiger partial charge in [-0.2, -0.15) is 5.10 Å². The van der Waals surface area contributed by atoms with Crippen molar-refractivity contribution in [1.82, 2.24) is 19.7 Å². The van der Waals surface area contributed by atoms with E-state index in [9.17, 15) is 14.4 Å². The molecule has 1 aromatic carbocycles. The Kier molecular flexibility index (Phi) is 5.09. The molecular weight excluding hydrogens is 444 g/mol. The van der Waals surface area contributed by atoms with Crippen LogP contribution >= 0.6 is 0 Å². The normalized spacial score (nSPS) is 22.8. The Morgan fingerprint density at radius 3 is 2.60 bits per heavy atom. The molecular formula is C26H28N6O3. The Hall–Kier alpha value is -3.75. The van der Waals surface area contributed by atoms with E-state index in [-0.39, 0.29) is 36.1 Å². The third-order valence-electron chi connectivity index (χ3n) is 7.44. The van der Waals surface area contributed by atoms with E-state index in [1.807, 2.05) is 42.2 Å². The summed E-state index contributed by atoms with van der Waals surface area (Å²) in [6.07, 6.45) is 5.93. The molecule has 3 aromatic rings. The van der Waals surface area contributed by atoms with Gasteiger partial charge in [0.1, 0.15) is 12.6 Å². The molecule has 3 aliphatic rings. The quantitative estimate of drug-likeness (QED) is 0.567. The van der Waals surface area contributed by atoms with E-state index in [2.05, 4.69) is 10.1 Å². The predicted octanol–water partition coefficient (Wildman–Crippen LogP) is 2.28. The fourth-order valence-electron chi connectivity index (χ4n) is 5.46. The molecule has 1 saturated heterocycles. The summed E-state index contributed by atoms with van der Waals surface area (Å²) in [4.78, 5) is 47.5. The molecule has 35 heavy (non-hydrogen) atoms. The van der Waals surface area contributed by atoms with Crippen molar-refractivity contribution in [3.63, 3.8) is 0 Å². The van der Waals surface area contributed by atoms with Crippen molar-refractivity contribution in [3.8, 4) is 0 Å². The maximum absolute atomic E-state index is 13.8. The molecule has 2 aliphatic carbocycles. The Labute approximate surface area is 202 Å². The van der Waals surface area contributed by atoms with E-state index in [1.165, 1.54) is 4.68 Å². The van der Waals surface area contributed by atoms with Crippen molar-refractivity contribution < 1.29 is 14.4 Å². The van der Waals surface area contributed by atoms with Crippen LogP contribution in [-0.4, -0.2) is 55.5 Å². The van der Waals surface area contributed by atoms with E-state index >= 15 is 0 Å². The second-order valence-electron chi connectivity index (χ2n) is 9.81. The minimum atomic E-state index is -0.645. The summed E-state index contributed by atoms with van der Waals surface area (Å²) in [6, 6.07) is 11.3. The summed E-state index contributed by atoms with van der Waals surface area (Å²) in [5, 5.41) is 4.96. The first-order valence-electron chi connectivity index (χ1n) is 12.3. The number of nitrogens with two attached hydrogens (primary N) is 1. The van der Waals surface area contributed by atoms with Crippen LogP contribution in [0.25, 0.3) is 10.9 Å². The number of hydrogen-bond donors (Lipinski definition) is 1. The van der Waals surface area contributed by atoms with Gasteiger partial charge < -0.3 is 15.5 Å². The van der Waals surface area contributed by atoms with Crippen LogP contribution in [0.2, 0.25) is 0 Å². The Bertz CT molecular complexity index is 1330. The van der Waals surface area contributed by atoms with E-state index in [1.54, 1.807) is 17.2 Å². The number of pyridine rings is 1. The van der Waals surface area contributed by atoms with Crippen LogP contribution < -0.4 is 10.6 Å². The molecule has 0 spiro atoms. The molecule has 3 amide bonds. The molecule has 0 unspecified atom stereocenters. The predicted molar refractivity (Wildman–Crippen MR) is 130 cm³/mol. The number of fused-ring (bicyclic) bond motifs is 2. The van der Waals surface area contributed by atoms with Crippen molar-refractivity contribution in [2.45, 2.75) is 63.7 Å². The van der Waals surface area contributed by atoms with Gasteiger partial charge in [0.05, 0.1) is 11.7 Å². The zero-order valence-corrected chi connectivity index (χ0v) is 19.6. The largest absolute Gasteiger partial charge is 0.364 e. The number of rotatable bonds is 7. The number of piperidine rings is 1. The first kappa shape index (κ1) is 21.8. The van der Waals surface area contributed by atoms with Crippen LogP contribution in [0.4, 0.5) is 5.69 Å². The minimum Gasteiger partial charge on any atom is -0.364 e. The highest BCUT2D eigenvalue weighted by atomic mass is 16.2. The minimum absolute atomic E-state index is 0.00310. The summed E-state index contributed by atoms with van der Waals surface area (Å²) in [5.74, 6) is -0.447. The Morgan fingerprint density at radius 2 is 1.91 bits per heavy atom. The highest BCUT2D eigenvalue weighted by molar-refractivity contribution is 6.04. The second-order valence-corrected chi connectivity index (χ2v) is 9.81. The van der Waals surface area contributed by atoms with E-state index < -0.39 is 11.9 Å². The van der Waals surface area contributed by atoms with E-state index in [0.717, 1.165) is 30.6 Å². The van der Waals surface area contributed by atoms with Crippen molar-refractivity contribution in [2.75, 3.05) is 4.90 Å². The zero-order chi connectivity index (χ0) is 24.3. The molecule has 3 fully saturated rings. The lowest BCUT2D eigenvalue weighted by Crippen LogP contribution is -2.51. The maximum atomic E-state index is 13.8. The lowest BCUT2D eigenvalue weighted by atomic mass is 10.1. The smallest absolute Gasteiger partial charge is 0.269 e. The van der Waals surface area contributed by atoms with Crippen molar-refractivity contribution >= 4 is 34.3 Å². The third-order valence-corrected chi connectivity index (χ3v) is 7.44. The first-order chi connectivity index (χ1) is 17.0. The van der Waals surface area contributed by atoms with Gasteiger partial charge >= 0.3 is 0 Å². The second kappa shape index (κ2) is 8.18. The highest BCUT2D eigenvalue weighted by Gasteiger charge is 2.57. The molecule has 9 heteroatoms. The van der Waals surface area contributed by atoms with Crippen LogP contribution in [0.15, 0.2) is 42.6 Å². The first-order valence-corrected chi connectivity index (χ1v) is 12.3. The van der Waals surface area contributed by atoms with Crippen molar-refractivity contribution in [2.24, 2.45) is 11.7 Å². The molecule has 2 N–H and O–H groups in total. The SMILES string of the molecule is CCc1cc2c(C(N)=O)nn(CC(=O)N3[C@@H]4C[C@@H]4C[C@H]3C(=O)N(c3ccccc3)C3CC3)c2cn1. The number of nitrogens with zero attached hydrogens (tertiary/aromatic N) is 5. The number of primary amides is 1. The lowest BCUT2D eigenvalue weighted by Gasteiger charge is -2.32. The van der Waals surface area contributed by atoms with Crippen LogP contribution in [0.3, 0.4) is 0 Å². The van der Waals surface area contributed by atoms with E-state index in [4.69, 9.17) is 5.73 Å². The number of benzene rings is 1. The standard InChI is InChI=1S/C26H28N6O3/c1-2-16-12-19-22(13-28-16)30(29-24(19)25(27)34)14-23(33)32-20-10-15(20)11-21(32)26(35)31(18-8-9-18)17-6-4-3-5-7-17/h3-7,12-13,15,18,20-21H,2,8-11,14H2,1H3,(H2,27,34)/t15-,20-,21+/m1/s1. The summed E-state index contributed by atoms with van der Waals surface area (Å²) in [6.45, 7) is 1.90. The lowest BCUT2D eigenvalue weighted by molar-refractivity contribution is -0.139. The van der Waals surface area contributed by atoms with Gasteiger partial charge in [0.25, 0.3) is 5.91 Å². The number of likely N-dealkylation sites (tertiary alicyclic amines) is 1. The number of anilines is 1. The molecule has 2 aromatic heterocycles. The summed E-state index contributed by atoms with van der Waals surface area (Å²) in [7, 11) is 0. The molecule has 3 atom stereocenters. The molecule has 6 rings (SSSR count). The Balaban J connectivity index is 1.29. The number of aryl methyl sites for hydroxylation is 1. The molecule has 0 bridgehead atoms. The molecule has 180 valence electrons. The molecule has 2 saturated carbocycles. The highest BCUT2D eigenvalue weighted by Crippen LogP contribution is 2.49. The number of hydrogen-bond acceptors (Lipinski definition) is 5. The van der Waals surface area contributed by atoms with Gasteiger partial charge in [-0.05, 0) is 56.2 Å². The number of carbonyl (C=O) groups is 3. The van der Waals surface area contributed by atoms with Crippen LogP contribution in [-0.2, 0) is 22.6 Å². The van der Waals surface area contributed by atoms with Crippen molar-refractivity contribution in [1.29, 1.82) is 0 Å². The summed E-state index contributed by atoms with van der Waals surface area (Å²) < 4.78 is 1.50. The average molecular weight is 473 g/mol. The van der Waals surface area contributed by atoms with Gasteiger partial charge in [-0.25, -0.2) is 0 Å². The molecule has 9 nitrogen and oxygen atoms in total. The number of aromatic nitrogens is 3. The molecule has 1 aliphatic heterocycles. The van der Waals surface area contributed by atoms with Crippen LogP contribution in [0, 0.1) is 5.92 Å². The topological polar surface area (TPSA) is 114 Å². The van der Waals surface area contributed by atoms with Gasteiger partial charge in [0, 0.05) is 28.9 Å². The zero-order valence-electron chi connectivity index (χ0n) is 19.6. The Morgan fingerprint density at radius 1 is 1.14 bits per heavy atom. The van der Waals surface area contributed by atoms with Gasteiger partial charge in [-0.15, -0.1) is 0 Å². The summed E-state index contributed by atoms with van der Waals surface area (Å²) >= 11 is 0. The third kappa shape index (κ3) is 3.75. The fourth-order valence-corrected chi connectivity index (χ4v) is 5.46. The fraction of sp³-hybridized carbons (Fsp3) is 0.423. The van der Waals surface area contributed by atoms with Gasteiger partial charge in [-0.1, -0.05) is 25.1 Å². The number of carbonyl (C=O) groups excluding carboxylic acids is 3.